The first-order valence-corrected chi connectivity index (χ1v) is 23.5. The Morgan fingerprint density at radius 2 is 0.783 bits per heavy atom. The summed E-state index contributed by atoms with van der Waals surface area (Å²) in [5.74, 6) is 3.36. The molecule has 324 valence electrons. The molecule has 0 fully saturated rings. The molecule has 0 saturated heterocycles. The van der Waals surface area contributed by atoms with E-state index in [9.17, 15) is 0 Å². The van der Waals surface area contributed by atoms with Gasteiger partial charge in [-0.15, -0.1) is 0 Å². The number of nitrogens with zero attached hydrogens (tertiary/aromatic N) is 1. The summed E-state index contributed by atoms with van der Waals surface area (Å²) in [5, 5.41) is 4.40. The highest BCUT2D eigenvalue weighted by atomic mass is 16.5. The van der Waals surface area contributed by atoms with Gasteiger partial charge in [-0.25, -0.2) is 0 Å². The standard InChI is InChI=1S/C65H41NO3/c1-2-15-43(16-3-1)48-17-4-5-18-49(48)44-31-36-47(37-32-44)66(58-24-14-20-52-50(58)38-39-53-51-19-6-10-25-59(51)69-64(52)53)46-34-29-42(30-35-46)45-33-40-57-63(41-45)68-62-28-13-9-23-56(62)65(57)54-21-7-11-26-60(54)67-61-27-12-8-22-55(61)65/h1-41H. The van der Waals surface area contributed by atoms with Crippen molar-refractivity contribution in [1.82, 2.24) is 0 Å². The average Bonchev–Trinajstić information content (AvgIpc) is 3.81. The molecule has 14 rings (SSSR count). The normalized spacial score (nSPS) is 13.0. The number of ether oxygens (including phenoxy) is 2. The summed E-state index contributed by atoms with van der Waals surface area (Å²) in [6.45, 7) is 0. The molecule has 0 aliphatic carbocycles. The van der Waals surface area contributed by atoms with E-state index < -0.39 is 5.41 Å². The molecule has 0 atom stereocenters. The predicted molar refractivity (Wildman–Crippen MR) is 281 cm³/mol. The zero-order chi connectivity index (χ0) is 45.5. The Labute approximate surface area is 399 Å². The molecule has 1 spiro atoms. The van der Waals surface area contributed by atoms with E-state index in [0.29, 0.717) is 0 Å². The molecule has 12 aromatic rings. The number of fused-ring (bicyclic) bond motifs is 13. The fourth-order valence-electron chi connectivity index (χ4n) is 11.1. The topological polar surface area (TPSA) is 34.8 Å². The van der Waals surface area contributed by atoms with E-state index in [1.54, 1.807) is 0 Å². The van der Waals surface area contributed by atoms with Crippen LogP contribution in [0.5, 0.6) is 23.0 Å². The molecule has 0 saturated carbocycles. The van der Waals surface area contributed by atoms with Gasteiger partial charge in [0.2, 0.25) is 0 Å². The molecular formula is C65H41NO3. The van der Waals surface area contributed by atoms with Crippen LogP contribution in [0.25, 0.3) is 66.1 Å². The molecule has 2 aliphatic heterocycles. The molecule has 0 unspecified atom stereocenters. The highest BCUT2D eigenvalue weighted by molar-refractivity contribution is 6.17. The molecule has 0 radical (unpaired) electrons. The first kappa shape index (κ1) is 39.1. The first-order chi connectivity index (χ1) is 34.2. The zero-order valence-electron chi connectivity index (χ0n) is 37.3. The predicted octanol–water partition coefficient (Wildman–Crippen LogP) is 17.8. The summed E-state index contributed by atoms with van der Waals surface area (Å²) in [6, 6.07) is 88.4. The monoisotopic (exact) mass is 883 g/mol. The molecular weight excluding hydrogens is 843 g/mol. The third-order valence-corrected chi connectivity index (χ3v) is 14.2. The van der Waals surface area contributed by atoms with Gasteiger partial charge in [0.15, 0.2) is 0 Å². The van der Waals surface area contributed by atoms with Gasteiger partial charge in [0.25, 0.3) is 0 Å². The van der Waals surface area contributed by atoms with Crippen LogP contribution in [-0.2, 0) is 5.41 Å². The Bertz CT molecular complexity index is 3900. The van der Waals surface area contributed by atoms with Crippen molar-refractivity contribution in [2.75, 3.05) is 4.90 Å². The fourth-order valence-corrected chi connectivity index (χ4v) is 11.1. The molecule has 1 aromatic heterocycles. The van der Waals surface area contributed by atoms with Crippen molar-refractivity contribution in [3.05, 3.63) is 271 Å². The molecule has 0 bridgehead atoms. The lowest BCUT2D eigenvalue weighted by atomic mass is 9.62. The second-order valence-electron chi connectivity index (χ2n) is 17.9. The lowest BCUT2D eigenvalue weighted by molar-refractivity contribution is 0.399. The van der Waals surface area contributed by atoms with Crippen molar-refractivity contribution in [2.45, 2.75) is 5.41 Å². The van der Waals surface area contributed by atoms with Crippen molar-refractivity contribution in [1.29, 1.82) is 0 Å². The quantitative estimate of drug-likeness (QED) is 0.167. The van der Waals surface area contributed by atoms with E-state index >= 15 is 0 Å². The minimum absolute atomic E-state index is 0.635. The second-order valence-corrected chi connectivity index (χ2v) is 17.9. The third-order valence-electron chi connectivity index (χ3n) is 14.2. The van der Waals surface area contributed by atoms with E-state index in [0.717, 1.165) is 112 Å². The maximum absolute atomic E-state index is 6.88. The Morgan fingerprint density at radius 1 is 0.304 bits per heavy atom. The Morgan fingerprint density at radius 3 is 1.45 bits per heavy atom. The van der Waals surface area contributed by atoms with Crippen LogP contribution >= 0.6 is 0 Å². The smallest absolute Gasteiger partial charge is 0.143 e. The maximum Gasteiger partial charge on any atom is 0.143 e. The van der Waals surface area contributed by atoms with Crippen molar-refractivity contribution in [3.63, 3.8) is 0 Å². The summed E-state index contributed by atoms with van der Waals surface area (Å²) in [4.78, 5) is 2.37. The number of rotatable bonds is 6. The van der Waals surface area contributed by atoms with E-state index in [1.807, 2.05) is 24.3 Å². The highest BCUT2D eigenvalue weighted by Gasteiger charge is 2.50. The molecule has 0 amide bonds. The summed E-state index contributed by atoms with van der Waals surface area (Å²) < 4.78 is 20.0. The summed E-state index contributed by atoms with van der Waals surface area (Å²) in [5.41, 5.74) is 15.6. The van der Waals surface area contributed by atoms with Gasteiger partial charge < -0.3 is 18.8 Å². The molecule has 4 heteroatoms. The number of furan rings is 1. The molecule has 3 heterocycles. The van der Waals surface area contributed by atoms with E-state index in [1.165, 1.54) is 16.7 Å². The van der Waals surface area contributed by atoms with Gasteiger partial charge in [0.05, 0.1) is 11.1 Å². The van der Waals surface area contributed by atoms with Gasteiger partial charge in [0.1, 0.15) is 34.2 Å². The van der Waals surface area contributed by atoms with Crippen LogP contribution in [0.2, 0.25) is 0 Å². The van der Waals surface area contributed by atoms with Crippen LogP contribution in [0.3, 0.4) is 0 Å². The number of hydrogen-bond donors (Lipinski definition) is 0. The third kappa shape index (κ3) is 6.02. The van der Waals surface area contributed by atoms with Crippen LogP contribution in [0, 0.1) is 0 Å². The van der Waals surface area contributed by atoms with E-state index in [4.69, 9.17) is 13.9 Å². The average molecular weight is 884 g/mol. The molecule has 2 aliphatic rings. The van der Waals surface area contributed by atoms with E-state index in [-0.39, 0.29) is 0 Å². The largest absolute Gasteiger partial charge is 0.457 e. The van der Waals surface area contributed by atoms with Gasteiger partial charge in [-0.2, -0.15) is 0 Å². The van der Waals surface area contributed by atoms with Crippen molar-refractivity contribution >= 4 is 49.8 Å². The van der Waals surface area contributed by atoms with E-state index in [2.05, 4.69) is 229 Å². The van der Waals surface area contributed by atoms with Gasteiger partial charge in [0, 0.05) is 55.2 Å². The van der Waals surface area contributed by atoms with Gasteiger partial charge >= 0.3 is 0 Å². The number of hydrogen-bond acceptors (Lipinski definition) is 4. The maximum atomic E-state index is 6.88. The summed E-state index contributed by atoms with van der Waals surface area (Å²) in [7, 11) is 0. The fraction of sp³-hybridized carbons (Fsp3) is 0.0154. The lowest BCUT2D eigenvalue weighted by Crippen LogP contribution is -2.36. The summed E-state index contributed by atoms with van der Waals surface area (Å²) >= 11 is 0. The first-order valence-electron chi connectivity index (χ1n) is 23.5. The van der Waals surface area contributed by atoms with Crippen molar-refractivity contribution in [2.24, 2.45) is 0 Å². The number of benzene rings is 11. The van der Waals surface area contributed by atoms with Crippen LogP contribution < -0.4 is 14.4 Å². The van der Waals surface area contributed by atoms with Gasteiger partial charge in [-0.05, 0) is 100 Å². The second kappa shape index (κ2) is 15.5. The Balaban J connectivity index is 0.897. The minimum Gasteiger partial charge on any atom is -0.457 e. The summed E-state index contributed by atoms with van der Waals surface area (Å²) in [6.07, 6.45) is 0. The Hall–Kier alpha value is -9.12. The van der Waals surface area contributed by atoms with Crippen molar-refractivity contribution in [3.8, 4) is 56.4 Å². The Kier molecular flexibility index (Phi) is 8.77. The number of para-hydroxylation sites is 4. The number of anilines is 3. The molecule has 4 nitrogen and oxygen atoms in total. The highest BCUT2D eigenvalue weighted by Crippen LogP contribution is 2.61. The SMILES string of the molecule is c1ccc(-c2ccccc2-c2ccc(N(c3ccc(-c4ccc5c(c4)Oc4ccccc4C54c5ccccc5Oc5ccccc54)cc3)c3cccc4c3ccc3c5ccccc5oc43)cc2)cc1. The minimum atomic E-state index is -0.635. The van der Waals surface area contributed by atoms with Crippen LogP contribution in [0.4, 0.5) is 17.1 Å². The molecule has 11 aromatic carbocycles. The van der Waals surface area contributed by atoms with Crippen LogP contribution in [-0.4, -0.2) is 0 Å². The van der Waals surface area contributed by atoms with Crippen LogP contribution in [0.15, 0.2) is 253 Å². The molecule has 0 N–H and O–H groups in total. The van der Waals surface area contributed by atoms with Gasteiger partial charge in [-0.1, -0.05) is 182 Å². The van der Waals surface area contributed by atoms with Crippen LogP contribution in [0.1, 0.15) is 22.3 Å². The lowest BCUT2D eigenvalue weighted by Gasteiger charge is -2.44. The molecule has 69 heavy (non-hydrogen) atoms. The van der Waals surface area contributed by atoms with Crippen molar-refractivity contribution < 1.29 is 13.9 Å². The van der Waals surface area contributed by atoms with Gasteiger partial charge in [-0.3, -0.25) is 0 Å². The zero-order valence-corrected chi connectivity index (χ0v) is 37.3.